The second kappa shape index (κ2) is 37.1. The van der Waals surface area contributed by atoms with E-state index in [-0.39, 0.29) is 53.8 Å². The van der Waals surface area contributed by atoms with Gasteiger partial charge in [-0.2, -0.15) is 0 Å². The number of amides is 4. The predicted octanol–water partition coefficient (Wildman–Crippen LogP) is -8.03. The number of rotatable bonds is 20. The number of likely N-dealkylation sites (N-methyl/N-ethyl adjacent to an activating group) is 2. The molecule has 35 atom stereocenters. The van der Waals surface area contributed by atoms with Crippen LogP contribution in [0.3, 0.4) is 0 Å². The number of carbonyl (C=O) groups excluding carboxylic acids is 4. The van der Waals surface area contributed by atoms with Crippen molar-refractivity contribution in [1.29, 1.82) is 0 Å². The summed E-state index contributed by atoms with van der Waals surface area (Å²) in [6.45, 7) is -0.236. The molecule has 39 heteroatoms. The molecule has 0 aromatic heterocycles. The molecule has 7 saturated heterocycles. The average molecular weight is 1490 g/mol. The average Bonchev–Trinajstić information content (AvgIpc) is 1.60. The number of alkyl carbamates (subject to hydrolysis) is 2. The van der Waals surface area contributed by atoms with Gasteiger partial charge >= 0.3 is 18.3 Å². The second-order valence-electron chi connectivity index (χ2n) is 27.1. The number of aliphatic hydroxyl groups excluding tert-OH is 12. The summed E-state index contributed by atoms with van der Waals surface area (Å²) < 4.78 is 76.8. The van der Waals surface area contributed by atoms with Gasteiger partial charge in [-0.1, -0.05) is 82.4 Å². The SMILES string of the molecule is C.C.CC1C[C@@H]2OC(O[C@H]3OC(CO)[C@@H](N)[C@H](O)C3O)C3C(OC(=O)N3C)C2O[C@@H]1O[C@@H]1C(NC(=O)OCc2ccccc2)C[C@@H](NC(=O)OCc2ccccc2)C(O)[C@H]1O.CNC1C(O[C@H]2OC(CO)[C@@H](NC(=O)[C@H](N)CO)[C@H](O)C2O)O[C@H]2CC(N)[C@@H](O[C@@H]3C(N)C[C@@H](N)C(O)[C@H]3O)OC2C1O. The highest BCUT2D eigenvalue weighted by molar-refractivity contribution is 5.82. The number of fused-ring (bicyclic) bond motifs is 4. The normalized spacial score (nSPS) is 42.8. The minimum Gasteiger partial charge on any atom is -0.445 e. The lowest BCUT2D eigenvalue weighted by atomic mass is 9.83. The van der Waals surface area contributed by atoms with E-state index >= 15 is 0 Å². The Morgan fingerprint density at radius 2 is 1.07 bits per heavy atom. The molecular weight excluding hydrogens is 1380 g/mol. The van der Waals surface area contributed by atoms with Gasteiger partial charge in [0.05, 0.1) is 74.4 Å². The van der Waals surface area contributed by atoms with Gasteiger partial charge in [0.2, 0.25) is 5.91 Å². The maximum absolute atomic E-state index is 13.2. The summed E-state index contributed by atoms with van der Waals surface area (Å²) in [4.78, 5) is 52.4. The molecule has 4 amide bonds. The van der Waals surface area contributed by atoms with E-state index in [0.717, 1.165) is 11.1 Å². The van der Waals surface area contributed by atoms with Crippen molar-refractivity contribution in [2.75, 3.05) is 33.9 Å². The van der Waals surface area contributed by atoms with Gasteiger partial charge in [-0.05, 0) is 43.9 Å². The monoisotopic (exact) mass is 1490 g/mol. The molecule has 0 radical (unpaired) electrons. The first kappa shape index (κ1) is 84.2. The molecule has 39 nitrogen and oxygen atoms in total. The van der Waals surface area contributed by atoms with E-state index in [1.807, 2.05) is 12.1 Å². The van der Waals surface area contributed by atoms with Crippen LogP contribution in [-0.4, -0.2) is 332 Å². The Bertz CT molecular complexity index is 3030. The van der Waals surface area contributed by atoms with E-state index in [1.165, 1.54) is 19.0 Å². The maximum Gasteiger partial charge on any atom is 0.410 e. The lowest BCUT2D eigenvalue weighted by molar-refractivity contribution is -0.375. The first-order valence-corrected chi connectivity index (χ1v) is 33.8. The minimum absolute atomic E-state index is 0. The lowest BCUT2D eigenvalue weighted by Gasteiger charge is -2.51. The standard InChI is InChI=1S/C39H52N4O16.C24H46N6O13.2CH4/c1-18-13-23-32(33-26(43(2)39(51)58-33)35(54-23)59-36-30(48)28(46)25(40)24(15-44)55-36)57-34(18)56-31-22(42-38(50)53-17-20-11-7-4-8-12-20)14-21(27(45)29(31)47)41-37(49)52-16-19-9-5-3-6-10-19;1-29-13-16(35)20-10(3-8(27)22(42-20)41-19-7(26)2-6(25)14(33)17(19)36)39-23(13)43-24-18(37)15(34)12(11(5-32)40-24)30-21(38)9(28)4-31;;/h3-12,18,21-36,44-48H,13-17,40H2,1-2H3,(H,41,49)(H,42,50);6-20,22-24,29,31-37H,2-5,25-28H2,1H3,(H,30,38);2*1H4/t18?,21-,22?,23+,24?,25-,26?,27?,28+,29-,30?,31-,32?,33?,34+,35?,36-;6-,7?,8?,9-,10+,11?,12-,13?,14?,15+,16?,17-,18?,19-,20?,22+,23?,24-;;/m11../s1. The number of nitrogens with two attached hydrogens (primary N) is 5. The molecule has 590 valence electrons. The van der Waals surface area contributed by atoms with Gasteiger partial charge in [-0.3, -0.25) is 9.69 Å². The molecule has 26 N–H and O–H groups in total. The number of ether oxygens (including phenoxy) is 13. The van der Waals surface area contributed by atoms with E-state index in [4.69, 9.17) is 95.4 Å². The molecular formula is C65H106N10O29. The zero-order valence-electron chi connectivity index (χ0n) is 56.0. The molecule has 2 aromatic rings. The third-order valence-corrected chi connectivity index (χ3v) is 20.0. The summed E-state index contributed by atoms with van der Waals surface area (Å²) >= 11 is 0. The molecule has 0 bridgehead atoms. The van der Waals surface area contributed by atoms with Crippen LogP contribution < -0.4 is 49.9 Å². The highest BCUT2D eigenvalue weighted by Crippen LogP contribution is 2.43. The van der Waals surface area contributed by atoms with Crippen LogP contribution >= 0.6 is 0 Å². The number of aliphatic hydroxyl groups is 12. The van der Waals surface area contributed by atoms with Gasteiger partial charge < -0.3 is 173 Å². The fourth-order valence-electron chi connectivity index (χ4n) is 14.1. The zero-order chi connectivity index (χ0) is 73.7. The Labute approximate surface area is 599 Å². The van der Waals surface area contributed by atoms with Crippen LogP contribution in [0.15, 0.2) is 60.7 Å². The molecule has 7 aliphatic heterocycles. The summed E-state index contributed by atoms with van der Waals surface area (Å²) in [7, 11) is 2.97. The highest BCUT2D eigenvalue weighted by Gasteiger charge is 2.62. The number of hydrogen-bond acceptors (Lipinski definition) is 35. The lowest BCUT2D eigenvalue weighted by Crippen LogP contribution is -2.70. The minimum atomic E-state index is -1.74. The van der Waals surface area contributed by atoms with Crippen molar-refractivity contribution in [2.45, 2.75) is 269 Å². The summed E-state index contributed by atoms with van der Waals surface area (Å²) in [6.07, 6.45) is -32.7. The smallest absolute Gasteiger partial charge is 0.410 e. The zero-order valence-corrected chi connectivity index (χ0v) is 56.0. The van der Waals surface area contributed by atoms with Crippen molar-refractivity contribution < 1.29 is 142 Å². The topological polar surface area (TPSA) is 612 Å². The Morgan fingerprint density at radius 1 is 0.529 bits per heavy atom. The number of nitrogens with zero attached hydrogens (tertiary/aromatic N) is 1. The molecule has 9 fully saturated rings. The maximum atomic E-state index is 13.2. The number of benzene rings is 2. The van der Waals surface area contributed by atoms with E-state index < -0.39 is 258 Å². The van der Waals surface area contributed by atoms with E-state index in [1.54, 1.807) is 55.5 Å². The van der Waals surface area contributed by atoms with Crippen LogP contribution in [0.4, 0.5) is 14.4 Å². The van der Waals surface area contributed by atoms with Gasteiger partial charge in [0, 0.05) is 25.0 Å². The summed E-state index contributed by atoms with van der Waals surface area (Å²) in [5.41, 5.74) is 31.1. The van der Waals surface area contributed by atoms with Crippen LogP contribution in [-0.2, 0) is 79.6 Å². The molecule has 18 unspecified atom stereocenters. The predicted molar refractivity (Wildman–Crippen MR) is 354 cm³/mol. The van der Waals surface area contributed by atoms with Crippen molar-refractivity contribution in [2.24, 2.45) is 34.6 Å². The molecule has 2 aliphatic carbocycles. The van der Waals surface area contributed by atoms with Crippen molar-refractivity contribution in [3.05, 3.63) is 71.8 Å². The van der Waals surface area contributed by atoms with Crippen molar-refractivity contribution in [3.8, 4) is 0 Å². The van der Waals surface area contributed by atoms with Crippen molar-refractivity contribution in [3.63, 3.8) is 0 Å². The Kier molecular flexibility index (Phi) is 30.1. The summed E-state index contributed by atoms with van der Waals surface area (Å²) in [5, 5.41) is 137. The van der Waals surface area contributed by atoms with Gasteiger partial charge in [-0.15, -0.1) is 0 Å². The second-order valence-corrected chi connectivity index (χ2v) is 27.1. The molecule has 9 aliphatic rings. The molecule has 11 rings (SSSR count). The molecule has 7 heterocycles. The number of hydrogen-bond donors (Lipinski definition) is 21. The van der Waals surface area contributed by atoms with Gasteiger partial charge in [0.1, 0.15) is 111 Å². The third-order valence-electron chi connectivity index (χ3n) is 20.0. The van der Waals surface area contributed by atoms with Gasteiger partial charge in [0.25, 0.3) is 0 Å². The van der Waals surface area contributed by atoms with E-state index in [0.29, 0.717) is 0 Å². The highest BCUT2D eigenvalue weighted by atomic mass is 16.8. The van der Waals surface area contributed by atoms with Crippen molar-refractivity contribution in [1.82, 2.24) is 26.2 Å². The van der Waals surface area contributed by atoms with Crippen LogP contribution in [0, 0.1) is 5.92 Å². The Morgan fingerprint density at radius 3 is 1.66 bits per heavy atom. The third kappa shape index (κ3) is 18.8. The van der Waals surface area contributed by atoms with Gasteiger partial charge in [-0.25, -0.2) is 14.4 Å². The Balaban J connectivity index is 0.000000271. The first-order chi connectivity index (χ1) is 48.6. The fourth-order valence-corrected chi connectivity index (χ4v) is 14.1. The fraction of sp³-hybridized carbons (Fsp3) is 0.754. The summed E-state index contributed by atoms with van der Waals surface area (Å²) in [5.74, 6) is -1.31. The largest absolute Gasteiger partial charge is 0.445 e. The van der Waals surface area contributed by atoms with Crippen LogP contribution in [0.2, 0.25) is 0 Å². The molecule has 0 spiro atoms. The summed E-state index contributed by atoms with van der Waals surface area (Å²) in [6, 6.07) is 7.95. The molecule has 2 aromatic carbocycles. The van der Waals surface area contributed by atoms with E-state index in [2.05, 4.69) is 21.3 Å². The van der Waals surface area contributed by atoms with Gasteiger partial charge in [0.15, 0.2) is 43.8 Å². The molecule has 2 saturated carbocycles. The number of carbonyl (C=O) groups is 4. The number of nitrogens with one attached hydrogen (secondary N) is 4. The first-order valence-electron chi connectivity index (χ1n) is 33.8. The quantitative estimate of drug-likeness (QED) is 0.0548. The Hall–Kier alpha value is -5.40. The van der Waals surface area contributed by atoms with Crippen LogP contribution in [0.1, 0.15) is 58.6 Å². The van der Waals surface area contributed by atoms with Crippen LogP contribution in [0.25, 0.3) is 0 Å². The molecule has 104 heavy (non-hydrogen) atoms. The van der Waals surface area contributed by atoms with Crippen molar-refractivity contribution >= 4 is 24.2 Å². The van der Waals surface area contributed by atoms with E-state index in [9.17, 15) is 75.3 Å². The van der Waals surface area contributed by atoms with Crippen LogP contribution in [0.5, 0.6) is 0 Å².